The lowest BCUT2D eigenvalue weighted by Crippen LogP contribution is -2.17. The number of pyridine rings is 2. The molecule has 1 N–H and O–H groups in total. The molecule has 0 saturated carbocycles. The summed E-state index contributed by atoms with van der Waals surface area (Å²) in [6.45, 7) is 17.3. The van der Waals surface area contributed by atoms with Gasteiger partial charge in [-0.2, -0.15) is 0 Å². The van der Waals surface area contributed by atoms with Crippen LogP contribution in [0.25, 0.3) is 56.1 Å². The lowest BCUT2D eigenvalue weighted by molar-refractivity contribution is 0.445. The number of phenols is 1. The number of fused-ring (bicyclic) bond motifs is 1. The van der Waals surface area contributed by atoms with Crippen molar-refractivity contribution in [3.63, 3.8) is 0 Å². The molecule has 0 fully saturated rings. The van der Waals surface area contributed by atoms with E-state index in [1.54, 1.807) is 0 Å². The second kappa shape index (κ2) is 11.3. The van der Waals surface area contributed by atoms with Crippen LogP contribution in [-0.4, -0.2) is 24.6 Å². The number of imidazole rings is 1. The van der Waals surface area contributed by atoms with Crippen molar-refractivity contribution in [1.82, 2.24) is 19.5 Å². The van der Waals surface area contributed by atoms with E-state index in [1.807, 2.05) is 36.7 Å². The van der Waals surface area contributed by atoms with Crippen LogP contribution in [0.15, 0.2) is 97.3 Å². The number of rotatable bonds is 5. The monoisotopic (exact) mass is 594 g/mol. The Bertz CT molecular complexity index is 1990. The third kappa shape index (κ3) is 5.75. The SMILES string of the molecule is CC(C)n1c(-c2cc(C(C)(C)C)cc(C(C)(C)C)c2O)nc2c(-c3cccc(-c4ccc(-c5ccccc5)cn4)c3)ccnc21. The van der Waals surface area contributed by atoms with Gasteiger partial charge < -0.3 is 9.67 Å². The largest absolute Gasteiger partial charge is 0.507 e. The lowest BCUT2D eigenvalue weighted by Gasteiger charge is -2.27. The van der Waals surface area contributed by atoms with E-state index >= 15 is 0 Å². The molecule has 0 aliphatic carbocycles. The first kappa shape index (κ1) is 30.3. The van der Waals surface area contributed by atoms with Gasteiger partial charge in [-0.15, -0.1) is 0 Å². The average molecular weight is 595 g/mol. The summed E-state index contributed by atoms with van der Waals surface area (Å²) >= 11 is 0. The third-order valence-electron chi connectivity index (χ3n) is 8.46. The fourth-order valence-corrected chi connectivity index (χ4v) is 5.92. The molecule has 0 spiro atoms. The number of benzene rings is 3. The minimum atomic E-state index is -0.244. The maximum absolute atomic E-state index is 11.8. The summed E-state index contributed by atoms with van der Waals surface area (Å²) in [7, 11) is 0. The van der Waals surface area contributed by atoms with Crippen LogP contribution in [0.5, 0.6) is 5.75 Å². The minimum Gasteiger partial charge on any atom is -0.507 e. The van der Waals surface area contributed by atoms with Crippen LogP contribution in [0.1, 0.15) is 72.6 Å². The van der Waals surface area contributed by atoms with E-state index < -0.39 is 0 Å². The zero-order chi connectivity index (χ0) is 32.1. The van der Waals surface area contributed by atoms with Crippen molar-refractivity contribution in [3.05, 3.63) is 108 Å². The molecule has 228 valence electrons. The van der Waals surface area contributed by atoms with Crippen LogP contribution in [-0.2, 0) is 10.8 Å². The van der Waals surface area contributed by atoms with E-state index in [0.29, 0.717) is 0 Å². The Morgan fingerprint density at radius 1 is 0.667 bits per heavy atom. The highest BCUT2D eigenvalue weighted by molar-refractivity contribution is 5.93. The van der Waals surface area contributed by atoms with Crippen molar-refractivity contribution in [3.8, 4) is 50.6 Å². The predicted molar refractivity (Wildman–Crippen MR) is 187 cm³/mol. The Kier molecular flexibility index (Phi) is 7.60. The molecule has 0 unspecified atom stereocenters. The Morgan fingerprint density at radius 2 is 1.38 bits per heavy atom. The number of phenolic OH excluding ortho intramolecular Hbond substituents is 1. The molecule has 0 aliphatic heterocycles. The molecular weight excluding hydrogens is 552 g/mol. The molecule has 0 atom stereocenters. The summed E-state index contributed by atoms with van der Waals surface area (Å²) in [5, 5.41) is 11.8. The van der Waals surface area contributed by atoms with E-state index in [2.05, 4.69) is 121 Å². The summed E-state index contributed by atoms with van der Waals surface area (Å²) < 4.78 is 2.15. The molecule has 45 heavy (non-hydrogen) atoms. The van der Waals surface area contributed by atoms with E-state index in [9.17, 15) is 5.11 Å². The summed E-state index contributed by atoms with van der Waals surface area (Å²) in [5.74, 6) is 1.00. The smallest absolute Gasteiger partial charge is 0.161 e. The molecule has 5 heteroatoms. The number of aromatic nitrogens is 4. The summed E-state index contributed by atoms with van der Waals surface area (Å²) in [5.41, 5.74) is 10.3. The van der Waals surface area contributed by atoms with E-state index in [-0.39, 0.29) is 22.6 Å². The Balaban J connectivity index is 1.50. The molecule has 5 nitrogen and oxygen atoms in total. The zero-order valence-electron chi connectivity index (χ0n) is 27.6. The van der Waals surface area contributed by atoms with Gasteiger partial charge in [-0.05, 0) is 65.6 Å². The van der Waals surface area contributed by atoms with Crippen LogP contribution in [0, 0.1) is 0 Å². The lowest BCUT2D eigenvalue weighted by atomic mass is 9.79. The highest BCUT2D eigenvalue weighted by Crippen LogP contribution is 2.44. The maximum atomic E-state index is 11.8. The van der Waals surface area contributed by atoms with Gasteiger partial charge in [-0.1, -0.05) is 102 Å². The molecule has 3 aromatic carbocycles. The molecule has 0 saturated heterocycles. The summed E-state index contributed by atoms with van der Waals surface area (Å²) in [6.07, 6.45) is 3.79. The van der Waals surface area contributed by atoms with Crippen LogP contribution in [0.4, 0.5) is 0 Å². The van der Waals surface area contributed by atoms with Gasteiger partial charge in [-0.25, -0.2) is 9.97 Å². The number of nitrogens with zero attached hydrogens (tertiary/aromatic N) is 4. The average Bonchev–Trinajstić information content (AvgIpc) is 3.40. The zero-order valence-corrected chi connectivity index (χ0v) is 27.6. The predicted octanol–water partition coefficient (Wildman–Crippen LogP) is 10.4. The third-order valence-corrected chi connectivity index (χ3v) is 8.46. The van der Waals surface area contributed by atoms with Gasteiger partial charge in [0.15, 0.2) is 5.65 Å². The normalized spacial score (nSPS) is 12.3. The topological polar surface area (TPSA) is 63.8 Å². The van der Waals surface area contributed by atoms with Gasteiger partial charge >= 0.3 is 0 Å². The molecular formula is C40H42N4O. The summed E-state index contributed by atoms with van der Waals surface area (Å²) in [6, 6.07) is 29.3. The molecule has 0 aliphatic rings. The van der Waals surface area contributed by atoms with Crippen molar-refractivity contribution < 1.29 is 5.11 Å². The molecule has 3 aromatic heterocycles. The van der Waals surface area contributed by atoms with Gasteiger partial charge in [0.25, 0.3) is 0 Å². The fourth-order valence-electron chi connectivity index (χ4n) is 5.92. The molecule has 6 aromatic rings. The molecule has 0 radical (unpaired) electrons. The first-order valence-electron chi connectivity index (χ1n) is 15.7. The van der Waals surface area contributed by atoms with Crippen molar-refractivity contribution in [2.45, 2.75) is 72.3 Å². The standard InChI is InChI=1S/C40H42N4O/c1-25(2)44-37(32-22-30(39(3,4)5)23-33(36(32)45)40(6,7)8)43-35-31(19-20-41-38(35)44)27-15-12-16-28(21-27)34-18-17-29(24-42-34)26-13-10-9-11-14-26/h9-25,45H,1-8H3. The second-order valence-corrected chi connectivity index (χ2v) is 14.2. The number of aromatic hydroxyl groups is 1. The summed E-state index contributed by atoms with van der Waals surface area (Å²) in [4.78, 5) is 14.9. The van der Waals surface area contributed by atoms with Gasteiger partial charge in [0.2, 0.25) is 0 Å². The Morgan fingerprint density at radius 3 is 2.02 bits per heavy atom. The fraction of sp³-hybridized carbons (Fsp3) is 0.275. The van der Waals surface area contributed by atoms with Crippen LogP contribution in [0.3, 0.4) is 0 Å². The van der Waals surface area contributed by atoms with Crippen LogP contribution < -0.4 is 0 Å². The van der Waals surface area contributed by atoms with Crippen LogP contribution >= 0.6 is 0 Å². The molecule has 3 heterocycles. The van der Waals surface area contributed by atoms with Crippen molar-refractivity contribution in [2.24, 2.45) is 0 Å². The minimum absolute atomic E-state index is 0.0715. The van der Waals surface area contributed by atoms with Crippen molar-refractivity contribution in [2.75, 3.05) is 0 Å². The van der Waals surface area contributed by atoms with E-state index in [1.165, 1.54) is 0 Å². The van der Waals surface area contributed by atoms with Gasteiger partial charge in [-0.3, -0.25) is 4.98 Å². The Hall–Kier alpha value is -4.77. The number of hydrogen-bond acceptors (Lipinski definition) is 4. The highest BCUT2D eigenvalue weighted by Gasteiger charge is 2.28. The first-order chi connectivity index (χ1) is 21.3. The van der Waals surface area contributed by atoms with Crippen LogP contribution in [0.2, 0.25) is 0 Å². The second-order valence-electron chi connectivity index (χ2n) is 14.2. The maximum Gasteiger partial charge on any atom is 0.161 e. The molecule has 0 bridgehead atoms. The first-order valence-corrected chi connectivity index (χ1v) is 15.7. The van der Waals surface area contributed by atoms with Crippen molar-refractivity contribution in [1.29, 1.82) is 0 Å². The highest BCUT2D eigenvalue weighted by atomic mass is 16.3. The van der Waals surface area contributed by atoms with Gasteiger partial charge in [0, 0.05) is 40.7 Å². The Labute approximate surface area is 266 Å². The molecule has 6 rings (SSSR count). The number of hydrogen-bond donors (Lipinski definition) is 1. The van der Waals surface area contributed by atoms with Gasteiger partial charge in [0.1, 0.15) is 17.1 Å². The van der Waals surface area contributed by atoms with Crippen molar-refractivity contribution >= 4 is 11.2 Å². The van der Waals surface area contributed by atoms with E-state index in [4.69, 9.17) is 15.0 Å². The van der Waals surface area contributed by atoms with Gasteiger partial charge in [0.05, 0.1) is 11.3 Å². The molecule has 0 amide bonds. The van der Waals surface area contributed by atoms with E-state index in [0.717, 1.165) is 67.2 Å². The quantitative estimate of drug-likeness (QED) is 0.216.